The topological polar surface area (TPSA) is 93.3 Å². The highest BCUT2D eigenvalue weighted by molar-refractivity contribution is 7.99. The first-order valence-electron chi connectivity index (χ1n) is 9.96. The molecule has 1 aromatic carbocycles. The van der Waals surface area contributed by atoms with Crippen LogP contribution >= 0.6 is 23.4 Å². The summed E-state index contributed by atoms with van der Waals surface area (Å²) in [6.45, 7) is 7.65. The van der Waals surface area contributed by atoms with Crippen molar-refractivity contribution in [3.8, 4) is 11.6 Å². The van der Waals surface area contributed by atoms with Crippen molar-refractivity contribution in [3.05, 3.63) is 47.2 Å². The van der Waals surface area contributed by atoms with Gasteiger partial charge in [0.15, 0.2) is 16.7 Å². The Bertz CT molecular complexity index is 1050. The summed E-state index contributed by atoms with van der Waals surface area (Å²) in [5.74, 6) is 1.05. The average molecular weight is 462 g/mol. The van der Waals surface area contributed by atoms with Gasteiger partial charge in [0.2, 0.25) is 5.91 Å². The Hall–Kier alpha value is -2.78. The Labute approximate surface area is 190 Å². The van der Waals surface area contributed by atoms with E-state index >= 15 is 0 Å². The van der Waals surface area contributed by atoms with Crippen LogP contribution in [0.4, 0.5) is 5.69 Å². The summed E-state index contributed by atoms with van der Waals surface area (Å²) in [4.78, 5) is 26.6. The van der Waals surface area contributed by atoms with Crippen LogP contribution in [0.15, 0.2) is 46.2 Å². The Morgan fingerprint density at radius 1 is 1.19 bits per heavy atom. The van der Waals surface area contributed by atoms with E-state index < -0.39 is 0 Å². The Morgan fingerprint density at radius 2 is 1.97 bits per heavy atom. The second-order valence-corrected chi connectivity index (χ2v) is 7.89. The molecule has 2 aromatic heterocycles. The first-order valence-corrected chi connectivity index (χ1v) is 11.3. The number of halogens is 1. The highest BCUT2D eigenvalue weighted by Crippen LogP contribution is 2.25. The fraction of sp³-hybridized carbons (Fsp3) is 0.333. The first-order chi connectivity index (χ1) is 15.0. The number of hydrogen-bond donors (Lipinski definition) is 1. The van der Waals surface area contributed by atoms with Crippen molar-refractivity contribution < 1.29 is 14.0 Å². The molecule has 164 valence electrons. The minimum Gasteiger partial charge on any atom is -0.461 e. The molecule has 0 unspecified atom stereocenters. The van der Waals surface area contributed by atoms with Gasteiger partial charge in [-0.1, -0.05) is 23.4 Å². The molecule has 0 aliphatic carbocycles. The van der Waals surface area contributed by atoms with Crippen molar-refractivity contribution in [2.75, 3.05) is 24.2 Å². The molecule has 0 bridgehead atoms. The SMILES string of the molecule is CCN(CC)C(=O)c1ccc(NC(=O)CSc2nnc(-c3ccco3)n2CC)cc1Cl. The lowest BCUT2D eigenvalue weighted by Crippen LogP contribution is -2.30. The normalized spacial score (nSPS) is 10.8. The standard InChI is InChI=1S/C21H24ClN5O3S/c1-4-26(5-2)20(29)15-10-9-14(12-16(15)22)23-18(28)13-31-21-25-24-19(27(21)6-3)17-8-7-11-30-17/h7-12H,4-6,13H2,1-3H3,(H,23,28). The van der Waals surface area contributed by atoms with Gasteiger partial charge in [0.1, 0.15) is 0 Å². The predicted octanol–water partition coefficient (Wildman–Crippen LogP) is 4.42. The number of hydrogen-bond acceptors (Lipinski definition) is 6. The van der Waals surface area contributed by atoms with Crippen LogP contribution in [0, 0.1) is 0 Å². The zero-order valence-corrected chi connectivity index (χ0v) is 19.2. The number of rotatable bonds is 9. The van der Waals surface area contributed by atoms with Gasteiger partial charge in [-0.05, 0) is 51.1 Å². The summed E-state index contributed by atoms with van der Waals surface area (Å²) in [5, 5.41) is 12.1. The minimum absolute atomic E-state index is 0.130. The van der Waals surface area contributed by atoms with Crippen LogP contribution < -0.4 is 5.32 Å². The largest absolute Gasteiger partial charge is 0.461 e. The second-order valence-electron chi connectivity index (χ2n) is 6.54. The summed E-state index contributed by atoms with van der Waals surface area (Å²) < 4.78 is 7.29. The number of benzene rings is 1. The first kappa shape index (κ1) is 22.9. The van der Waals surface area contributed by atoms with Gasteiger partial charge in [0, 0.05) is 25.3 Å². The molecule has 2 amide bonds. The molecule has 0 fully saturated rings. The number of carbonyl (C=O) groups excluding carboxylic acids is 2. The summed E-state index contributed by atoms with van der Waals surface area (Å²) >= 11 is 7.58. The van der Waals surface area contributed by atoms with E-state index in [1.54, 1.807) is 35.4 Å². The molecule has 0 aliphatic heterocycles. The molecule has 3 aromatic rings. The quantitative estimate of drug-likeness (QED) is 0.474. The summed E-state index contributed by atoms with van der Waals surface area (Å²) in [5.41, 5.74) is 0.944. The summed E-state index contributed by atoms with van der Waals surface area (Å²) in [7, 11) is 0. The van der Waals surface area contributed by atoms with Gasteiger partial charge in [0.05, 0.1) is 22.6 Å². The zero-order chi connectivity index (χ0) is 22.4. The van der Waals surface area contributed by atoms with E-state index in [2.05, 4.69) is 15.5 Å². The highest BCUT2D eigenvalue weighted by atomic mass is 35.5. The molecule has 2 heterocycles. The lowest BCUT2D eigenvalue weighted by atomic mass is 10.1. The number of aromatic nitrogens is 3. The molecular formula is C21H24ClN5O3S. The molecule has 8 nitrogen and oxygen atoms in total. The fourth-order valence-electron chi connectivity index (χ4n) is 3.04. The van der Waals surface area contributed by atoms with Crippen molar-refractivity contribution >= 4 is 40.9 Å². The third-order valence-electron chi connectivity index (χ3n) is 4.64. The van der Waals surface area contributed by atoms with Gasteiger partial charge >= 0.3 is 0 Å². The molecule has 1 N–H and O–H groups in total. The van der Waals surface area contributed by atoms with Crippen LogP contribution in [-0.2, 0) is 11.3 Å². The molecule has 0 radical (unpaired) electrons. The molecule has 0 aliphatic rings. The van der Waals surface area contributed by atoms with E-state index in [1.807, 2.05) is 31.4 Å². The lowest BCUT2D eigenvalue weighted by Gasteiger charge is -2.19. The molecule has 0 saturated carbocycles. The van der Waals surface area contributed by atoms with Gasteiger partial charge in [-0.3, -0.25) is 14.2 Å². The maximum absolute atomic E-state index is 12.5. The van der Waals surface area contributed by atoms with E-state index in [0.29, 0.717) is 52.6 Å². The number of carbonyl (C=O) groups is 2. The molecular weight excluding hydrogens is 438 g/mol. The van der Waals surface area contributed by atoms with Crippen LogP contribution in [0.3, 0.4) is 0 Å². The van der Waals surface area contributed by atoms with Crippen LogP contribution in [0.2, 0.25) is 5.02 Å². The van der Waals surface area contributed by atoms with Crippen LogP contribution in [-0.4, -0.2) is 50.3 Å². The van der Waals surface area contributed by atoms with Crippen molar-refractivity contribution in [2.45, 2.75) is 32.5 Å². The van der Waals surface area contributed by atoms with Gasteiger partial charge in [-0.25, -0.2) is 0 Å². The molecule has 0 saturated heterocycles. The second kappa shape index (κ2) is 10.5. The number of thioether (sulfide) groups is 1. The molecule has 3 rings (SSSR count). The lowest BCUT2D eigenvalue weighted by molar-refractivity contribution is -0.113. The monoisotopic (exact) mass is 461 g/mol. The number of amides is 2. The minimum atomic E-state index is -0.214. The van der Waals surface area contributed by atoms with E-state index in [4.69, 9.17) is 16.0 Å². The molecule has 31 heavy (non-hydrogen) atoms. The van der Waals surface area contributed by atoms with Gasteiger partial charge < -0.3 is 14.6 Å². The van der Waals surface area contributed by atoms with E-state index in [-0.39, 0.29) is 17.6 Å². The van der Waals surface area contributed by atoms with E-state index in [1.165, 1.54) is 11.8 Å². The molecule has 0 atom stereocenters. The number of nitrogens with zero attached hydrogens (tertiary/aromatic N) is 4. The van der Waals surface area contributed by atoms with Crippen molar-refractivity contribution in [1.29, 1.82) is 0 Å². The third-order valence-corrected chi connectivity index (χ3v) is 5.92. The molecule has 10 heteroatoms. The van der Waals surface area contributed by atoms with Crippen molar-refractivity contribution in [3.63, 3.8) is 0 Å². The Balaban J connectivity index is 1.63. The van der Waals surface area contributed by atoms with Gasteiger partial charge in [0.25, 0.3) is 5.91 Å². The maximum atomic E-state index is 12.5. The number of nitrogens with one attached hydrogen (secondary N) is 1. The molecule has 0 spiro atoms. The van der Waals surface area contributed by atoms with Gasteiger partial charge in [-0.15, -0.1) is 10.2 Å². The Kier molecular flexibility index (Phi) is 7.75. The van der Waals surface area contributed by atoms with Gasteiger partial charge in [-0.2, -0.15) is 0 Å². The average Bonchev–Trinajstić information content (AvgIpc) is 3.42. The fourth-order valence-corrected chi connectivity index (χ4v) is 4.11. The van der Waals surface area contributed by atoms with Crippen LogP contribution in [0.1, 0.15) is 31.1 Å². The highest BCUT2D eigenvalue weighted by Gasteiger charge is 2.18. The number of furan rings is 1. The van der Waals surface area contributed by atoms with Crippen molar-refractivity contribution in [1.82, 2.24) is 19.7 Å². The maximum Gasteiger partial charge on any atom is 0.255 e. The van der Waals surface area contributed by atoms with Crippen molar-refractivity contribution in [2.24, 2.45) is 0 Å². The Morgan fingerprint density at radius 3 is 2.58 bits per heavy atom. The summed E-state index contributed by atoms with van der Waals surface area (Å²) in [6.07, 6.45) is 1.58. The predicted molar refractivity (Wildman–Crippen MR) is 121 cm³/mol. The third kappa shape index (κ3) is 5.29. The zero-order valence-electron chi connectivity index (χ0n) is 17.6. The summed E-state index contributed by atoms with van der Waals surface area (Å²) in [6, 6.07) is 8.50. The van der Waals surface area contributed by atoms with Crippen LogP contribution in [0.25, 0.3) is 11.6 Å². The van der Waals surface area contributed by atoms with Crippen LogP contribution in [0.5, 0.6) is 0 Å². The number of anilines is 1. The smallest absolute Gasteiger partial charge is 0.255 e. The van der Waals surface area contributed by atoms with E-state index in [0.717, 1.165) is 0 Å². The van der Waals surface area contributed by atoms with E-state index in [9.17, 15) is 9.59 Å².